The van der Waals surface area contributed by atoms with Crippen LogP contribution in [0.1, 0.15) is 380 Å². The van der Waals surface area contributed by atoms with Crippen LogP contribution in [-0.4, -0.2) is 0 Å². The van der Waals surface area contributed by atoms with E-state index < -0.39 is 0 Å². The first kappa shape index (κ1) is 60.0. The lowest BCUT2D eigenvalue weighted by Gasteiger charge is -2.17. The van der Waals surface area contributed by atoms with Crippen molar-refractivity contribution in [3.63, 3.8) is 0 Å². The predicted molar refractivity (Wildman–Crippen MR) is 279 cm³/mol. The summed E-state index contributed by atoms with van der Waals surface area (Å²) in [6.07, 6.45) is 83.3. The van der Waals surface area contributed by atoms with E-state index >= 15 is 0 Å². The molecule has 0 aromatic rings. The van der Waals surface area contributed by atoms with Gasteiger partial charge in [-0.1, -0.05) is 380 Å². The molecular formula is C60H122. The number of unbranched alkanes of at least 4 members (excludes halogenated alkanes) is 50. The van der Waals surface area contributed by atoms with Crippen LogP contribution in [0.25, 0.3) is 0 Å². The smallest absolute Gasteiger partial charge is 0.0414 e. The fraction of sp³-hybridized carbons (Fsp3) is 1.00. The number of hydrogen-bond donors (Lipinski definition) is 0. The van der Waals surface area contributed by atoms with Gasteiger partial charge in [-0.25, -0.2) is 0 Å². The van der Waals surface area contributed by atoms with E-state index in [9.17, 15) is 0 Å². The van der Waals surface area contributed by atoms with Gasteiger partial charge in [0.25, 0.3) is 0 Å². The topological polar surface area (TPSA) is 0 Å². The molecular weight excluding hydrogens is 721 g/mol. The second-order valence-corrected chi connectivity index (χ2v) is 20.9. The van der Waals surface area contributed by atoms with Crippen LogP contribution >= 0.6 is 0 Å². The van der Waals surface area contributed by atoms with Gasteiger partial charge < -0.3 is 0 Å². The van der Waals surface area contributed by atoms with E-state index in [1.54, 1.807) is 0 Å². The molecule has 1 atom stereocenters. The van der Waals surface area contributed by atoms with Crippen molar-refractivity contribution in [2.24, 2.45) is 5.92 Å². The highest BCUT2D eigenvalue weighted by Crippen LogP contribution is 2.26. The lowest BCUT2D eigenvalue weighted by molar-refractivity contribution is 0.365. The first-order valence-electron chi connectivity index (χ1n) is 29.8. The molecule has 0 aliphatic rings. The first-order chi connectivity index (χ1) is 29.8. The Labute approximate surface area is 384 Å². The Bertz CT molecular complexity index is 694. The minimum absolute atomic E-state index is 1.03. The van der Waals surface area contributed by atoms with Crippen LogP contribution in [0.5, 0.6) is 0 Å². The maximum atomic E-state index is 2.32. The lowest BCUT2D eigenvalue weighted by atomic mass is 9.89. The minimum Gasteiger partial charge on any atom is -0.0654 e. The molecule has 0 heteroatoms. The molecule has 362 valence electrons. The summed E-state index contributed by atoms with van der Waals surface area (Å²) in [4.78, 5) is 0. The quantitative estimate of drug-likeness (QED) is 0.0535. The number of hydrogen-bond acceptors (Lipinski definition) is 0. The predicted octanol–water partition coefficient (Wildman–Crippen LogP) is 23.5. The summed E-state index contributed by atoms with van der Waals surface area (Å²) in [7, 11) is 0. The summed E-state index contributed by atoms with van der Waals surface area (Å²) in [5.41, 5.74) is 0. The molecule has 0 nitrogen and oxygen atoms in total. The summed E-state index contributed by atoms with van der Waals surface area (Å²) in [5.74, 6) is 1.03. The maximum Gasteiger partial charge on any atom is -0.0414 e. The third-order valence-electron chi connectivity index (χ3n) is 14.6. The summed E-state index contributed by atoms with van der Waals surface area (Å²) < 4.78 is 0. The van der Waals surface area contributed by atoms with Gasteiger partial charge in [-0.3, -0.25) is 0 Å². The second kappa shape index (κ2) is 57.0. The molecule has 1 unspecified atom stereocenters. The Kier molecular flexibility index (Phi) is 57.0. The van der Waals surface area contributed by atoms with Crippen molar-refractivity contribution in [3.05, 3.63) is 0 Å². The molecule has 0 aliphatic carbocycles. The SMILES string of the molecule is CCCCCCCCCCCCCCCCCCCCCC(CCCCCCCCCCCCCCCCCC)CCCCCCCCCCCCCCCCCCCC. The molecule has 0 saturated carbocycles. The van der Waals surface area contributed by atoms with Crippen LogP contribution in [0, 0.1) is 5.92 Å². The van der Waals surface area contributed by atoms with E-state index in [1.807, 2.05) is 0 Å². The second-order valence-electron chi connectivity index (χ2n) is 20.9. The Morgan fingerprint density at radius 3 is 0.350 bits per heavy atom. The van der Waals surface area contributed by atoms with Crippen molar-refractivity contribution in [1.82, 2.24) is 0 Å². The van der Waals surface area contributed by atoms with Gasteiger partial charge in [0.2, 0.25) is 0 Å². The maximum absolute atomic E-state index is 2.32. The zero-order valence-corrected chi connectivity index (χ0v) is 43.2. The molecule has 0 radical (unpaired) electrons. The van der Waals surface area contributed by atoms with Crippen LogP contribution in [0.4, 0.5) is 0 Å². The van der Waals surface area contributed by atoms with Gasteiger partial charge in [0.05, 0.1) is 0 Å². The van der Waals surface area contributed by atoms with Crippen LogP contribution in [0.2, 0.25) is 0 Å². The third kappa shape index (κ3) is 54.1. The fourth-order valence-electron chi connectivity index (χ4n) is 10.3. The van der Waals surface area contributed by atoms with Gasteiger partial charge in [-0.05, 0) is 5.92 Å². The fourth-order valence-corrected chi connectivity index (χ4v) is 10.3. The average Bonchev–Trinajstić information content (AvgIpc) is 3.26. The summed E-state index contributed by atoms with van der Waals surface area (Å²) in [6, 6.07) is 0. The Morgan fingerprint density at radius 2 is 0.233 bits per heavy atom. The van der Waals surface area contributed by atoms with E-state index in [1.165, 1.54) is 360 Å². The average molecular weight is 844 g/mol. The molecule has 0 spiro atoms. The first-order valence-corrected chi connectivity index (χ1v) is 29.8. The van der Waals surface area contributed by atoms with Crippen molar-refractivity contribution < 1.29 is 0 Å². The molecule has 0 aromatic carbocycles. The largest absolute Gasteiger partial charge is 0.0654 e. The van der Waals surface area contributed by atoms with Gasteiger partial charge in [-0.2, -0.15) is 0 Å². The molecule has 0 N–H and O–H groups in total. The zero-order chi connectivity index (χ0) is 43.2. The van der Waals surface area contributed by atoms with Gasteiger partial charge in [0.1, 0.15) is 0 Å². The van der Waals surface area contributed by atoms with Crippen molar-refractivity contribution >= 4 is 0 Å². The van der Waals surface area contributed by atoms with Gasteiger partial charge >= 0.3 is 0 Å². The van der Waals surface area contributed by atoms with Crippen LogP contribution < -0.4 is 0 Å². The van der Waals surface area contributed by atoms with Crippen molar-refractivity contribution in [2.75, 3.05) is 0 Å². The normalized spacial score (nSPS) is 12.2. The Balaban J connectivity index is 3.95. The van der Waals surface area contributed by atoms with Crippen molar-refractivity contribution in [1.29, 1.82) is 0 Å². The van der Waals surface area contributed by atoms with Gasteiger partial charge in [0.15, 0.2) is 0 Å². The van der Waals surface area contributed by atoms with Crippen LogP contribution in [0.3, 0.4) is 0 Å². The van der Waals surface area contributed by atoms with Crippen LogP contribution in [-0.2, 0) is 0 Å². The Hall–Kier alpha value is 0. The minimum atomic E-state index is 1.03. The van der Waals surface area contributed by atoms with E-state index in [2.05, 4.69) is 20.8 Å². The molecule has 0 heterocycles. The highest BCUT2D eigenvalue weighted by atomic mass is 14.2. The van der Waals surface area contributed by atoms with Crippen molar-refractivity contribution in [3.8, 4) is 0 Å². The summed E-state index contributed by atoms with van der Waals surface area (Å²) in [5, 5.41) is 0. The highest BCUT2D eigenvalue weighted by Gasteiger charge is 2.09. The molecule has 0 bridgehead atoms. The van der Waals surface area contributed by atoms with Gasteiger partial charge in [-0.15, -0.1) is 0 Å². The van der Waals surface area contributed by atoms with E-state index in [0.717, 1.165) is 5.92 Å². The van der Waals surface area contributed by atoms with E-state index in [-0.39, 0.29) is 0 Å². The third-order valence-corrected chi connectivity index (χ3v) is 14.6. The Morgan fingerprint density at radius 1 is 0.133 bits per heavy atom. The molecule has 0 saturated heterocycles. The zero-order valence-electron chi connectivity index (χ0n) is 43.2. The van der Waals surface area contributed by atoms with Gasteiger partial charge in [0, 0.05) is 0 Å². The molecule has 0 fully saturated rings. The van der Waals surface area contributed by atoms with E-state index in [4.69, 9.17) is 0 Å². The monoisotopic (exact) mass is 843 g/mol. The van der Waals surface area contributed by atoms with Crippen LogP contribution in [0.15, 0.2) is 0 Å². The standard InChI is InChI=1S/C60H122/c1-4-7-10-13-16-19-22-25-28-31-33-35-38-41-44-47-50-53-56-59-60(57-54-51-48-45-42-39-36-30-27-24-21-18-15-12-9-6-3)58-55-52-49-46-43-40-37-34-32-29-26-23-20-17-14-11-8-5-2/h60H,4-59H2,1-3H3. The molecule has 0 aromatic heterocycles. The molecule has 0 amide bonds. The number of rotatable bonds is 56. The summed E-state index contributed by atoms with van der Waals surface area (Å²) in [6.45, 7) is 6.96. The summed E-state index contributed by atoms with van der Waals surface area (Å²) >= 11 is 0. The van der Waals surface area contributed by atoms with Crippen molar-refractivity contribution in [2.45, 2.75) is 380 Å². The molecule has 0 rings (SSSR count). The lowest BCUT2D eigenvalue weighted by Crippen LogP contribution is -2.01. The molecule has 0 aliphatic heterocycles. The highest BCUT2D eigenvalue weighted by molar-refractivity contribution is 4.63. The molecule has 60 heavy (non-hydrogen) atoms. The van der Waals surface area contributed by atoms with E-state index in [0.29, 0.717) is 0 Å².